The lowest BCUT2D eigenvalue weighted by Gasteiger charge is -2.29. The number of carbonyl (C=O) groups excluding carboxylic acids is 9. The second-order valence-corrected chi connectivity index (χ2v) is 24.9. The van der Waals surface area contributed by atoms with Crippen LogP contribution in [0.5, 0.6) is 0 Å². The molecule has 6 fully saturated rings. The number of ether oxygens (including phenoxy) is 3. The lowest BCUT2D eigenvalue weighted by atomic mass is 10.0. The molecule has 24 nitrogen and oxygen atoms in total. The van der Waals surface area contributed by atoms with Gasteiger partial charge >= 0.3 is 0 Å². The zero-order chi connectivity index (χ0) is 76.5. The van der Waals surface area contributed by atoms with Crippen LogP contribution in [0.25, 0.3) is 0 Å². The quantitative estimate of drug-likeness (QED) is 0.0565. The average Bonchev–Trinajstić information content (AvgIpc) is 1.63. The molecule has 6 aromatic carbocycles. The summed E-state index contributed by atoms with van der Waals surface area (Å²) in [6.07, 6.45) is -0.0703. The number of hydrogen-bond donors (Lipinski definition) is 6. The number of nitrogens with one attached hydrogen (secondary N) is 6. The Bertz CT molecular complexity index is 4050. The maximum Gasteiger partial charge on any atom is 0.255 e. The molecule has 15 rings (SSSR count). The van der Waals surface area contributed by atoms with Crippen LogP contribution in [0.4, 0.5) is 17.1 Å². The fraction of sp³-hybridized carbons (Fsp3) is 0.400. The van der Waals surface area contributed by atoms with E-state index in [0.717, 1.165) is 33.8 Å². The van der Waals surface area contributed by atoms with E-state index in [1.807, 2.05) is 54.6 Å². The van der Waals surface area contributed by atoms with Crippen LogP contribution < -0.4 is 31.9 Å². The normalized spacial score (nSPS) is 25.2. The highest BCUT2D eigenvalue weighted by atomic mass is 16.5. The van der Waals surface area contributed by atoms with Gasteiger partial charge in [0.05, 0.1) is 43.8 Å². The monoisotopic (exact) mass is 1350 g/mol. The van der Waals surface area contributed by atoms with Gasteiger partial charge in [-0.3, -0.25) is 73.8 Å². The minimum atomic E-state index is -1.82. The Labute approximate surface area is 587 Å². The van der Waals surface area contributed by atoms with Gasteiger partial charge in [0.2, 0.25) is 35.4 Å². The third kappa shape index (κ3) is 16.4. The minimum Gasteiger partial charge on any atom is -0.381 e. The van der Waals surface area contributed by atoms with E-state index in [9.17, 15) is 43.2 Å². The Morgan fingerprint density at radius 1 is 0.364 bits per heavy atom. The summed E-state index contributed by atoms with van der Waals surface area (Å²) in [6.45, 7) is 3.29. The molecule has 0 aliphatic carbocycles. The topological polar surface area (TPSA) is 273 Å². The fourth-order valence-corrected chi connectivity index (χ4v) is 13.0. The number of imide groups is 3. The molecular weight excluding hydrogens is 1260 g/mol. The number of morpholine rings is 3. The van der Waals surface area contributed by atoms with Gasteiger partial charge in [-0.05, 0) is 89.0 Å². The predicted molar refractivity (Wildman–Crippen MR) is 367 cm³/mol. The Balaban J connectivity index is 0.000000143. The maximum absolute atomic E-state index is 13.1. The molecule has 516 valence electrons. The predicted octanol–water partition coefficient (Wildman–Crippen LogP) is 5.68. The van der Waals surface area contributed by atoms with Crippen LogP contribution in [0, 0.1) is 0 Å². The summed E-state index contributed by atoms with van der Waals surface area (Å²) in [5.41, 5.74) is 10.2. The third-order valence-corrected chi connectivity index (χ3v) is 18.4. The highest BCUT2D eigenvalue weighted by molar-refractivity contribution is 6.08. The number of anilines is 3. The van der Waals surface area contributed by atoms with Crippen LogP contribution in [-0.4, -0.2) is 180 Å². The average molecular weight is 1350 g/mol. The minimum absolute atomic E-state index is 0.0138. The van der Waals surface area contributed by atoms with Crippen LogP contribution in [0.15, 0.2) is 127 Å². The van der Waals surface area contributed by atoms with Gasteiger partial charge in [0, 0.05) is 176 Å². The van der Waals surface area contributed by atoms with Crippen molar-refractivity contribution in [2.75, 3.05) is 94.9 Å². The lowest BCUT2D eigenvalue weighted by molar-refractivity contribution is -0.138. The molecule has 1 unspecified atom stereocenters. The molecule has 9 heterocycles. The van der Waals surface area contributed by atoms with Gasteiger partial charge in [-0.15, -0.1) is 0 Å². The van der Waals surface area contributed by atoms with Gasteiger partial charge in [-0.1, -0.05) is 91.0 Å². The molecule has 0 aromatic heterocycles. The summed E-state index contributed by atoms with van der Waals surface area (Å²) >= 11 is 0. The van der Waals surface area contributed by atoms with E-state index in [1.54, 1.807) is 87.5 Å². The molecule has 3 atom stereocenters. The molecule has 6 aromatic rings. The molecular formula is C75H84N12O12. The first kappa shape index (κ1) is 57.2. The summed E-state index contributed by atoms with van der Waals surface area (Å²) in [5, 5.41) is 16.6. The fourth-order valence-electron chi connectivity index (χ4n) is 13.0. The van der Waals surface area contributed by atoms with Crippen molar-refractivity contribution in [3.8, 4) is 0 Å². The second kappa shape index (κ2) is 31.4. The van der Waals surface area contributed by atoms with Gasteiger partial charge in [0.25, 0.3) is 17.7 Å². The van der Waals surface area contributed by atoms with E-state index in [1.165, 1.54) is 14.7 Å². The van der Waals surface area contributed by atoms with Gasteiger partial charge < -0.3 is 44.9 Å². The Kier molecular flexibility index (Phi) is 18.2. The highest BCUT2D eigenvalue weighted by Crippen LogP contribution is 2.36. The van der Waals surface area contributed by atoms with Crippen LogP contribution >= 0.6 is 0 Å². The zero-order valence-corrected chi connectivity index (χ0v) is 54.7. The SMILES string of the molecule is [2H]C([2H])(c1ccc(CNc2cccc3c2CN([C@@]2([2H])CCC(=O)NC2=O)C3=O)cc1)N1CCOCC1.[2H]C([2H])(c1ccc(CNc2cccc3c2CN([C@]2([2H])CCC(=O)NC2=O)C3=O)cc1)N1CCOCC1.[2H]C1(N2Cc3c(NCc4ccc(C([2H])([2H])N5CCOCC5)cc4)cccc3C2=O)CCC(=O)NC1=O. The first-order chi connectivity index (χ1) is 51.6. The van der Waals surface area contributed by atoms with Gasteiger partial charge in [-0.25, -0.2) is 0 Å². The molecule has 0 spiro atoms. The molecule has 24 heteroatoms. The highest BCUT2D eigenvalue weighted by Gasteiger charge is 2.43. The molecule has 9 amide bonds. The number of fused-ring (bicyclic) bond motifs is 3. The van der Waals surface area contributed by atoms with E-state index < -0.39 is 90.7 Å². The number of amides is 9. The largest absolute Gasteiger partial charge is 0.381 e. The third-order valence-electron chi connectivity index (χ3n) is 18.4. The molecule has 6 saturated heterocycles. The molecule has 99 heavy (non-hydrogen) atoms. The maximum atomic E-state index is 13.1. The van der Waals surface area contributed by atoms with Crippen LogP contribution in [0.3, 0.4) is 0 Å². The first-order valence-electron chi connectivity index (χ1n) is 37.9. The number of hydrogen-bond acceptors (Lipinski definition) is 18. The summed E-state index contributed by atoms with van der Waals surface area (Å²) in [6, 6.07) is 32.4. The second-order valence-electron chi connectivity index (χ2n) is 24.9. The number of nitrogens with zero attached hydrogens (tertiary/aromatic N) is 6. The molecule has 0 bridgehead atoms. The van der Waals surface area contributed by atoms with E-state index in [-0.39, 0.29) is 58.2 Å². The molecule has 9 aliphatic rings. The zero-order valence-electron chi connectivity index (χ0n) is 63.7. The number of rotatable bonds is 18. The summed E-state index contributed by atoms with van der Waals surface area (Å²) in [4.78, 5) is 120. The van der Waals surface area contributed by atoms with Crippen LogP contribution in [0.1, 0.15) is 132 Å². The lowest BCUT2D eigenvalue weighted by Crippen LogP contribution is -2.52. The van der Waals surface area contributed by atoms with Crippen molar-refractivity contribution < 1.29 is 69.7 Å². The summed E-state index contributed by atoms with van der Waals surface area (Å²) < 4.78 is 93.2. The van der Waals surface area contributed by atoms with E-state index in [0.29, 0.717) is 149 Å². The van der Waals surface area contributed by atoms with Crippen molar-refractivity contribution in [3.05, 3.63) is 194 Å². The van der Waals surface area contributed by atoms with E-state index >= 15 is 0 Å². The van der Waals surface area contributed by atoms with Crippen molar-refractivity contribution >= 4 is 70.2 Å². The van der Waals surface area contributed by atoms with Gasteiger partial charge in [-0.2, -0.15) is 0 Å². The Morgan fingerprint density at radius 2 is 0.616 bits per heavy atom. The van der Waals surface area contributed by atoms with Crippen molar-refractivity contribution in [3.63, 3.8) is 0 Å². The number of carbonyl (C=O) groups is 9. The first-order valence-corrected chi connectivity index (χ1v) is 33.4. The van der Waals surface area contributed by atoms with Crippen molar-refractivity contribution in [1.82, 2.24) is 45.3 Å². The molecule has 6 N–H and O–H groups in total. The van der Waals surface area contributed by atoms with Crippen LogP contribution in [0.2, 0.25) is 0 Å². The Morgan fingerprint density at radius 3 is 0.869 bits per heavy atom. The van der Waals surface area contributed by atoms with E-state index in [2.05, 4.69) is 31.9 Å². The van der Waals surface area contributed by atoms with Crippen molar-refractivity contribution in [1.29, 1.82) is 0 Å². The standard InChI is InChI=1S/3C25H28N4O4/c3*30-23-9-8-22(24(31)27-23)29-16-20-19(25(29)32)2-1-3-21(20)26-14-17-4-6-18(7-5-17)15-28-10-12-33-13-11-28/h3*1-7,22,26H,8-16H2,(H,27,30,31)/t2*22-;/m10./s1/i3*15D2,22D. The van der Waals surface area contributed by atoms with E-state index in [4.69, 9.17) is 26.5 Å². The molecule has 0 radical (unpaired) electrons. The summed E-state index contributed by atoms with van der Waals surface area (Å²) in [7, 11) is 0. The Hall–Kier alpha value is -9.69. The molecule has 9 aliphatic heterocycles. The smallest absolute Gasteiger partial charge is 0.255 e. The van der Waals surface area contributed by atoms with Crippen molar-refractivity contribution in [2.45, 2.75) is 115 Å². The molecule has 0 saturated carbocycles. The number of piperidine rings is 3. The van der Waals surface area contributed by atoms with Gasteiger partial charge in [0.15, 0.2) is 0 Å². The van der Waals surface area contributed by atoms with Gasteiger partial charge in [0.1, 0.15) is 18.1 Å². The van der Waals surface area contributed by atoms with Crippen molar-refractivity contribution in [2.24, 2.45) is 0 Å². The summed E-state index contributed by atoms with van der Waals surface area (Å²) in [5.74, 6) is -4.81. The number of benzene rings is 6. The van der Waals surface area contributed by atoms with Crippen LogP contribution in [-0.2, 0) is 102 Å².